The number of ether oxygens (including phenoxy) is 1. The van der Waals surface area contributed by atoms with Gasteiger partial charge in [-0.2, -0.15) is 5.10 Å². The van der Waals surface area contributed by atoms with Crippen molar-refractivity contribution >= 4 is 35.5 Å². The number of thioether (sulfide) groups is 1. The van der Waals surface area contributed by atoms with E-state index in [2.05, 4.69) is 20.7 Å². The molecule has 0 unspecified atom stereocenters. The van der Waals surface area contributed by atoms with E-state index in [-0.39, 0.29) is 17.4 Å². The van der Waals surface area contributed by atoms with Crippen LogP contribution >= 0.6 is 23.4 Å². The summed E-state index contributed by atoms with van der Waals surface area (Å²) < 4.78 is 7.27. The molecule has 0 aliphatic heterocycles. The van der Waals surface area contributed by atoms with Gasteiger partial charge in [0.05, 0.1) is 18.6 Å². The number of amides is 1. The van der Waals surface area contributed by atoms with E-state index in [0.29, 0.717) is 33.9 Å². The van der Waals surface area contributed by atoms with Crippen molar-refractivity contribution < 1.29 is 14.6 Å². The third-order valence-electron chi connectivity index (χ3n) is 5.05. The number of phenols is 1. The molecule has 4 aromatic rings. The summed E-state index contributed by atoms with van der Waals surface area (Å²) in [5, 5.41) is 23.7. The maximum Gasteiger partial charge on any atom is 0.250 e. The summed E-state index contributed by atoms with van der Waals surface area (Å²) in [7, 11) is 0. The fourth-order valence-corrected chi connectivity index (χ4v) is 4.17. The van der Waals surface area contributed by atoms with Crippen LogP contribution in [0.15, 0.2) is 77.0 Å². The lowest BCUT2D eigenvalue weighted by Gasteiger charge is -2.10. The van der Waals surface area contributed by atoms with Gasteiger partial charge in [-0.1, -0.05) is 41.1 Å². The van der Waals surface area contributed by atoms with Crippen molar-refractivity contribution in [2.75, 3.05) is 12.4 Å². The van der Waals surface area contributed by atoms with Crippen LogP contribution in [-0.2, 0) is 4.79 Å². The summed E-state index contributed by atoms with van der Waals surface area (Å²) in [4.78, 5) is 12.5. The Hall–Kier alpha value is -3.82. The molecule has 3 aromatic carbocycles. The first-order valence-electron chi connectivity index (χ1n) is 11.1. The van der Waals surface area contributed by atoms with Gasteiger partial charge >= 0.3 is 0 Å². The highest BCUT2D eigenvalue weighted by molar-refractivity contribution is 7.99. The Kier molecular flexibility index (Phi) is 8.24. The van der Waals surface area contributed by atoms with Crippen LogP contribution in [0.25, 0.3) is 17.1 Å². The molecule has 0 fully saturated rings. The maximum absolute atomic E-state index is 12.5. The molecule has 0 radical (unpaired) electrons. The topological polar surface area (TPSA) is 102 Å². The first-order chi connectivity index (χ1) is 17.4. The number of hydrogen-bond donors (Lipinski definition) is 2. The zero-order valence-corrected chi connectivity index (χ0v) is 21.3. The van der Waals surface area contributed by atoms with E-state index >= 15 is 0 Å². The van der Waals surface area contributed by atoms with Gasteiger partial charge < -0.3 is 9.84 Å². The number of benzene rings is 3. The molecule has 0 aliphatic carbocycles. The Morgan fingerprint density at radius 2 is 1.89 bits per heavy atom. The number of aromatic hydroxyl groups is 1. The van der Waals surface area contributed by atoms with Crippen LogP contribution in [0.1, 0.15) is 18.1 Å². The zero-order valence-electron chi connectivity index (χ0n) is 19.7. The molecule has 36 heavy (non-hydrogen) atoms. The van der Waals surface area contributed by atoms with Crippen molar-refractivity contribution in [3.8, 4) is 28.6 Å². The van der Waals surface area contributed by atoms with Crippen LogP contribution in [0.3, 0.4) is 0 Å². The van der Waals surface area contributed by atoms with Gasteiger partial charge in [-0.3, -0.25) is 9.36 Å². The fraction of sp³-hybridized carbons (Fsp3) is 0.154. The molecule has 1 amide bonds. The van der Waals surface area contributed by atoms with Crippen molar-refractivity contribution in [2.45, 2.75) is 19.0 Å². The number of phenolic OH excluding ortho intramolecular Hbond substituents is 1. The van der Waals surface area contributed by atoms with Gasteiger partial charge in [0.1, 0.15) is 0 Å². The highest BCUT2D eigenvalue weighted by Gasteiger charge is 2.17. The largest absolute Gasteiger partial charge is 0.504 e. The number of aromatic nitrogens is 3. The molecule has 0 atom stereocenters. The third-order valence-corrected chi connectivity index (χ3v) is 6.23. The highest BCUT2D eigenvalue weighted by atomic mass is 35.5. The number of nitrogens with zero attached hydrogens (tertiary/aromatic N) is 4. The molecule has 10 heteroatoms. The zero-order chi connectivity index (χ0) is 25.5. The van der Waals surface area contributed by atoms with Gasteiger partial charge in [-0.25, -0.2) is 5.43 Å². The molecule has 0 aliphatic rings. The van der Waals surface area contributed by atoms with E-state index in [0.717, 1.165) is 16.8 Å². The van der Waals surface area contributed by atoms with Gasteiger partial charge in [0.2, 0.25) is 0 Å². The Morgan fingerprint density at radius 1 is 1.14 bits per heavy atom. The highest BCUT2D eigenvalue weighted by Crippen LogP contribution is 2.29. The molecule has 0 saturated carbocycles. The lowest BCUT2D eigenvalue weighted by Crippen LogP contribution is -2.20. The van der Waals surface area contributed by atoms with Crippen LogP contribution in [0.2, 0.25) is 5.02 Å². The van der Waals surface area contributed by atoms with Crippen molar-refractivity contribution in [3.63, 3.8) is 0 Å². The van der Waals surface area contributed by atoms with E-state index < -0.39 is 0 Å². The molecule has 0 bridgehead atoms. The first-order valence-corrected chi connectivity index (χ1v) is 12.5. The van der Waals surface area contributed by atoms with E-state index in [4.69, 9.17) is 16.3 Å². The normalized spacial score (nSPS) is 11.1. The van der Waals surface area contributed by atoms with Crippen LogP contribution < -0.4 is 10.2 Å². The average Bonchev–Trinajstić information content (AvgIpc) is 3.29. The van der Waals surface area contributed by atoms with Crippen molar-refractivity contribution in [2.24, 2.45) is 5.10 Å². The van der Waals surface area contributed by atoms with E-state index in [1.54, 1.807) is 24.3 Å². The number of carbonyl (C=O) groups excluding carboxylic acids is 1. The van der Waals surface area contributed by atoms with Gasteiger partial charge in [0, 0.05) is 16.3 Å². The predicted molar refractivity (Wildman–Crippen MR) is 142 cm³/mol. The lowest BCUT2D eigenvalue weighted by atomic mass is 10.2. The van der Waals surface area contributed by atoms with Crippen LogP contribution in [0.5, 0.6) is 11.5 Å². The number of rotatable bonds is 9. The number of nitrogens with one attached hydrogen (secondary N) is 1. The van der Waals surface area contributed by atoms with Gasteiger partial charge in [0.25, 0.3) is 5.91 Å². The summed E-state index contributed by atoms with van der Waals surface area (Å²) in [5.74, 6) is 0.836. The minimum atomic E-state index is -0.299. The fourth-order valence-electron chi connectivity index (χ4n) is 3.30. The Labute approximate surface area is 218 Å². The second kappa shape index (κ2) is 11.7. The molecule has 4 rings (SSSR count). The van der Waals surface area contributed by atoms with Gasteiger partial charge in [0.15, 0.2) is 22.5 Å². The van der Waals surface area contributed by atoms with Crippen LogP contribution in [-0.4, -0.2) is 44.4 Å². The van der Waals surface area contributed by atoms with Crippen molar-refractivity contribution in [1.29, 1.82) is 0 Å². The number of hydrazone groups is 1. The smallest absolute Gasteiger partial charge is 0.250 e. The summed E-state index contributed by atoms with van der Waals surface area (Å²) >= 11 is 7.31. The average molecular weight is 522 g/mol. The number of halogens is 1. The standard InChI is InChI=1S/C26H24ClN5O3S/c1-3-35-23-14-18(6-13-22(23)33)15-28-29-24(34)16-36-26-31-30-25(19-7-9-20(27)10-8-19)32(26)21-11-4-17(2)5-12-21/h4-15,33H,3,16H2,1-2H3,(H,29,34)/b28-15-. The molecule has 2 N–H and O–H groups in total. The molecule has 0 spiro atoms. The number of hydrogen-bond acceptors (Lipinski definition) is 7. The SMILES string of the molecule is CCOc1cc(/C=N\NC(=O)CSc2nnc(-c3ccc(Cl)cc3)n2-c2ccc(C)cc2)ccc1O. The molecular formula is C26H24ClN5O3S. The number of aryl methyl sites for hydroxylation is 1. The Balaban J connectivity index is 1.47. The molecular weight excluding hydrogens is 498 g/mol. The first kappa shape index (κ1) is 25.3. The van der Waals surface area contributed by atoms with Crippen molar-refractivity contribution in [3.05, 3.63) is 82.9 Å². The summed E-state index contributed by atoms with van der Waals surface area (Å²) in [6.45, 7) is 4.28. The van der Waals surface area contributed by atoms with Gasteiger partial charge in [-0.15, -0.1) is 10.2 Å². The Bertz CT molecular complexity index is 1370. The number of carbonyl (C=O) groups is 1. The van der Waals surface area contributed by atoms with E-state index in [1.807, 2.05) is 54.8 Å². The summed E-state index contributed by atoms with van der Waals surface area (Å²) in [6.07, 6.45) is 1.48. The minimum absolute atomic E-state index is 0.0464. The van der Waals surface area contributed by atoms with Crippen molar-refractivity contribution in [1.82, 2.24) is 20.2 Å². The second-order valence-electron chi connectivity index (χ2n) is 7.73. The molecule has 0 saturated heterocycles. The second-order valence-corrected chi connectivity index (χ2v) is 9.10. The monoisotopic (exact) mass is 521 g/mol. The molecule has 8 nitrogen and oxygen atoms in total. The van der Waals surface area contributed by atoms with E-state index in [9.17, 15) is 9.90 Å². The van der Waals surface area contributed by atoms with E-state index in [1.165, 1.54) is 24.0 Å². The maximum atomic E-state index is 12.5. The van der Waals surface area contributed by atoms with Crippen LogP contribution in [0.4, 0.5) is 0 Å². The summed E-state index contributed by atoms with van der Waals surface area (Å²) in [5.41, 5.74) is 6.06. The van der Waals surface area contributed by atoms with Crippen LogP contribution in [0, 0.1) is 6.92 Å². The third kappa shape index (κ3) is 6.24. The molecule has 1 heterocycles. The Morgan fingerprint density at radius 3 is 2.61 bits per heavy atom. The predicted octanol–water partition coefficient (Wildman–Crippen LogP) is 5.24. The van der Waals surface area contributed by atoms with Gasteiger partial charge in [-0.05, 0) is 74.0 Å². The lowest BCUT2D eigenvalue weighted by molar-refractivity contribution is -0.118. The summed E-state index contributed by atoms with van der Waals surface area (Å²) in [6, 6.07) is 20.2. The minimum Gasteiger partial charge on any atom is -0.504 e. The molecule has 184 valence electrons. The quantitative estimate of drug-likeness (QED) is 0.177. The molecule has 1 aromatic heterocycles.